The van der Waals surface area contributed by atoms with Gasteiger partial charge in [-0.2, -0.15) is 5.10 Å². The van der Waals surface area contributed by atoms with E-state index in [4.69, 9.17) is 4.99 Å². The van der Waals surface area contributed by atoms with Crippen LogP contribution in [0.3, 0.4) is 0 Å². The lowest BCUT2D eigenvalue weighted by Crippen LogP contribution is -2.38. The highest BCUT2D eigenvalue weighted by Crippen LogP contribution is 2.10. The summed E-state index contributed by atoms with van der Waals surface area (Å²) in [5, 5.41) is 11.2. The highest BCUT2D eigenvalue weighted by Gasteiger charge is 2.03. The Bertz CT molecular complexity index is 693. The Morgan fingerprint density at radius 3 is 2.46 bits per heavy atom. The van der Waals surface area contributed by atoms with Gasteiger partial charge < -0.3 is 10.6 Å². The number of aliphatic imine (C=N–C) groups is 1. The molecule has 0 aliphatic carbocycles. The van der Waals surface area contributed by atoms with E-state index in [0.717, 1.165) is 44.1 Å². The summed E-state index contributed by atoms with van der Waals surface area (Å²) >= 11 is 0. The van der Waals surface area contributed by atoms with E-state index in [2.05, 4.69) is 71.5 Å². The van der Waals surface area contributed by atoms with Crippen molar-refractivity contribution < 1.29 is 0 Å². The van der Waals surface area contributed by atoms with Crippen LogP contribution in [0, 0.1) is 13.8 Å². The maximum atomic E-state index is 4.73. The first-order valence-electron chi connectivity index (χ1n) is 9.24. The van der Waals surface area contributed by atoms with Crippen LogP contribution in [0.5, 0.6) is 0 Å². The Balaban J connectivity index is 0.00000338. The second-order valence-electron chi connectivity index (χ2n) is 6.25. The second-order valence-corrected chi connectivity index (χ2v) is 6.25. The Labute approximate surface area is 174 Å². The Hall–Kier alpha value is -1.57. The minimum atomic E-state index is 0. The van der Waals surface area contributed by atoms with E-state index < -0.39 is 0 Å². The minimum Gasteiger partial charge on any atom is -0.357 e. The number of halogens is 1. The molecule has 1 aromatic heterocycles. The number of hydrogen-bond donors (Lipinski definition) is 2. The summed E-state index contributed by atoms with van der Waals surface area (Å²) in [6.45, 7) is 11.8. The van der Waals surface area contributed by atoms with Crippen LogP contribution in [0.15, 0.2) is 35.3 Å². The molecule has 0 saturated carbocycles. The van der Waals surface area contributed by atoms with Gasteiger partial charge in [-0.3, -0.25) is 4.68 Å². The van der Waals surface area contributed by atoms with E-state index >= 15 is 0 Å². The molecule has 0 radical (unpaired) electrons. The van der Waals surface area contributed by atoms with Crippen molar-refractivity contribution in [2.75, 3.05) is 13.1 Å². The molecular weight excluding hydrogens is 437 g/mol. The molecule has 1 aromatic carbocycles. The number of aryl methyl sites for hydroxylation is 4. The molecule has 144 valence electrons. The summed E-state index contributed by atoms with van der Waals surface area (Å²) in [7, 11) is 0. The second kappa shape index (κ2) is 11.9. The first kappa shape index (κ1) is 22.5. The van der Waals surface area contributed by atoms with E-state index in [9.17, 15) is 0 Å². The number of guanidine groups is 1. The van der Waals surface area contributed by atoms with Crippen molar-refractivity contribution in [2.45, 2.75) is 53.6 Å². The number of benzene rings is 1. The summed E-state index contributed by atoms with van der Waals surface area (Å²) in [6.07, 6.45) is 2.05. The molecule has 2 rings (SSSR count). The molecule has 26 heavy (non-hydrogen) atoms. The third kappa shape index (κ3) is 6.97. The first-order valence-corrected chi connectivity index (χ1v) is 9.24. The summed E-state index contributed by atoms with van der Waals surface area (Å²) in [6, 6.07) is 10.6. The number of nitrogens with one attached hydrogen (secondary N) is 2. The number of hydrogen-bond acceptors (Lipinski definition) is 2. The first-order chi connectivity index (χ1) is 12.1. The van der Waals surface area contributed by atoms with E-state index in [0.29, 0.717) is 6.54 Å². The van der Waals surface area contributed by atoms with Gasteiger partial charge in [0.15, 0.2) is 5.96 Å². The number of rotatable bonds is 8. The van der Waals surface area contributed by atoms with Crippen LogP contribution < -0.4 is 10.6 Å². The molecule has 2 aromatic rings. The molecule has 0 spiro atoms. The van der Waals surface area contributed by atoms with E-state index in [-0.39, 0.29) is 24.0 Å². The van der Waals surface area contributed by atoms with Gasteiger partial charge in [0.05, 0.1) is 12.2 Å². The average Bonchev–Trinajstić information content (AvgIpc) is 2.94. The summed E-state index contributed by atoms with van der Waals surface area (Å²) in [4.78, 5) is 4.73. The van der Waals surface area contributed by atoms with E-state index in [1.165, 1.54) is 16.8 Å². The zero-order valence-corrected chi connectivity index (χ0v) is 18.7. The quantitative estimate of drug-likeness (QED) is 0.268. The van der Waals surface area contributed by atoms with Crippen molar-refractivity contribution in [3.8, 4) is 0 Å². The molecular formula is C20H32IN5. The van der Waals surface area contributed by atoms with Gasteiger partial charge in [0.2, 0.25) is 0 Å². The molecule has 0 amide bonds. The lowest BCUT2D eigenvalue weighted by molar-refractivity contribution is 0.555. The number of aromatic nitrogens is 2. The van der Waals surface area contributed by atoms with Crippen LogP contribution in [0.4, 0.5) is 0 Å². The molecule has 0 bridgehead atoms. The van der Waals surface area contributed by atoms with Crippen LogP contribution in [-0.2, 0) is 19.5 Å². The lowest BCUT2D eigenvalue weighted by Gasteiger charge is -2.12. The lowest BCUT2D eigenvalue weighted by atomic mass is 10.1. The van der Waals surface area contributed by atoms with Crippen LogP contribution in [0.25, 0.3) is 0 Å². The molecule has 0 saturated heterocycles. The van der Waals surface area contributed by atoms with E-state index in [1.807, 2.05) is 6.92 Å². The molecule has 1 heterocycles. The zero-order chi connectivity index (χ0) is 18.1. The highest BCUT2D eigenvalue weighted by atomic mass is 127. The molecule has 6 heteroatoms. The summed E-state index contributed by atoms with van der Waals surface area (Å²) < 4.78 is 2.07. The van der Waals surface area contributed by atoms with Crippen molar-refractivity contribution in [2.24, 2.45) is 4.99 Å². The van der Waals surface area contributed by atoms with Crippen molar-refractivity contribution >= 4 is 29.9 Å². The molecule has 2 N–H and O–H groups in total. The third-order valence-corrected chi connectivity index (χ3v) is 4.19. The molecule has 5 nitrogen and oxygen atoms in total. The monoisotopic (exact) mass is 469 g/mol. The van der Waals surface area contributed by atoms with Gasteiger partial charge in [0, 0.05) is 25.3 Å². The Morgan fingerprint density at radius 1 is 1.12 bits per heavy atom. The average molecular weight is 469 g/mol. The minimum absolute atomic E-state index is 0. The van der Waals surface area contributed by atoms with Crippen LogP contribution in [0.2, 0.25) is 0 Å². The fourth-order valence-corrected chi connectivity index (χ4v) is 2.90. The fourth-order valence-electron chi connectivity index (χ4n) is 2.90. The largest absolute Gasteiger partial charge is 0.357 e. The maximum Gasteiger partial charge on any atom is 0.191 e. The Kier molecular flexibility index (Phi) is 10.3. The van der Waals surface area contributed by atoms with Crippen molar-refractivity contribution in [3.63, 3.8) is 0 Å². The summed E-state index contributed by atoms with van der Waals surface area (Å²) in [5.74, 6) is 0.877. The smallest absolute Gasteiger partial charge is 0.191 e. The van der Waals surface area contributed by atoms with E-state index in [1.54, 1.807) is 0 Å². The standard InChI is InChI=1S/C20H31N5.HI/c1-5-18-10-7-8-11-19(18)15-23-20(21-6-2)22-12-9-13-25-17(4)14-16(3)24-25;/h7-8,10-11,14H,5-6,9,12-13,15H2,1-4H3,(H2,21,22,23);1H. The van der Waals surface area contributed by atoms with Gasteiger partial charge in [-0.05, 0) is 50.8 Å². The van der Waals surface area contributed by atoms with Crippen LogP contribution in [-0.4, -0.2) is 28.8 Å². The van der Waals surface area contributed by atoms with Gasteiger partial charge in [-0.1, -0.05) is 31.2 Å². The SMILES string of the molecule is CCNC(=NCc1ccccc1CC)NCCCn1nc(C)cc1C.I. The van der Waals surface area contributed by atoms with Crippen molar-refractivity contribution in [3.05, 3.63) is 52.8 Å². The molecule has 0 aliphatic heterocycles. The van der Waals surface area contributed by atoms with Crippen LogP contribution >= 0.6 is 24.0 Å². The Morgan fingerprint density at radius 2 is 1.85 bits per heavy atom. The van der Waals surface area contributed by atoms with Gasteiger partial charge in [0.1, 0.15) is 0 Å². The van der Waals surface area contributed by atoms with Gasteiger partial charge in [-0.15, -0.1) is 24.0 Å². The molecule has 0 fully saturated rings. The topological polar surface area (TPSA) is 54.2 Å². The predicted molar refractivity (Wildman–Crippen MR) is 120 cm³/mol. The van der Waals surface area contributed by atoms with Gasteiger partial charge in [0.25, 0.3) is 0 Å². The molecule has 0 unspecified atom stereocenters. The van der Waals surface area contributed by atoms with Crippen LogP contribution in [0.1, 0.15) is 42.8 Å². The maximum absolute atomic E-state index is 4.73. The third-order valence-electron chi connectivity index (χ3n) is 4.19. The molecule has 0 aliphatic rings. The van der Waals surface area contributed by atoms with Crippen molar-refractivity contribution in [1.82, 2.24) is 20.4 Å². The number of nitrogens with zero attached hydrogens (tertiary/aromatic N) is 3. The highest BCUT2D eigenvalue weighted by molar-refractivity contribution is 14.0. The normalized spacial score (nSPS) is 11.2. The molecule has 0 atom stereocenters. The predicted octanol–water partition coefficient (Wildman–Crippen LogP) is 3.83. The summed E-state index contributed by atoms with van der Waals surface area (Å²) in [5.41, 5.74) is 4.96. The van der Waals surface area contributed by atoms with Gasteiger partial charge >= 0.3 is 0 Å². The van der Waals surface area contributed by atoms with Gasteiger partial charge in [-0.25, -0.2) is 4.99 Å². The van der Waals surface area contributed by atoms with Crippen molar-refractivity contribution in [1.29, 1.82) is 0 Å². The fraction of sp³-hybridized carbons (Fsp3) is 0.500. The zero-order valence-electron chi connectivity index (χ0n) is 16.4.